The highest BCUT2D eigenvalue weighted by atomic mass is 19.1. The van der Waals surface area contributed by atoms with Crippen LogP contribution in [0.1, 0.15) is 55.2 Å². The number of nitrogens with zero attached hydrogens (tertiary/aromatic N) is 2. The third-order valence-electron chi connectivity index (χ3n) is 3.90. The SMILES string of the molecule is C=N/C(=C\C=C(/C)F)NC(=O)c1cc(OC2CCCCC2)cc(C)n1. The van der Waals surface area contributed by atoms with Gasteiger partial charge in [-0.15, -0.1) is 0 Å². The fourth-order valence-electron chi connectivity index (χ4n) is 2.70. The molecule has 2 rings (SSSR count). The Hall–Kier alpha value is -2.50. The van der Waals surface area contributed by atoms with Gasteiger partial charge in [0.25, 0.3) is 5.91 Å². The largest absolute Gasteiger partial charge is 0.490 e. The molecule has 1 aromatic rings. The van der Waals surface area contributed by atoms with Gasteiger partial charge in [-0.2, -0.15) is 0 Å². The van der Waals surface area contributed by atoms with Gasteiger partial charge in [-0.05, 0) is 58.4 Å². The molecule has 134 valence electrons. The first kappa shape index (κ1) is 18.8. The van der Waals surface area contributed by atoms with Gasteiger partial charge in [0.1, 0.15) is 17.3 Å². The maximum Gasteiger partial charge on any atom is 0.275 e. The number of aliphatic imine (C=N–C) groups is 1. The highest BCUT2D eigenvalue weighted by Crippen LogP contribution is 2.24. The van der Waals surface area contributed by atoms with Crippen molar-refractivity contribution in [2.45, 2.75) is 52.1 Å². The van der Waals surface area contributed by atoms with Crippen molar-refractivity contribution in [1.29, 1.82) is 0 Å². The summed E-state index contributed by atoms with van der Waals surface area (Å²) in [5.74, 6) is -0.0470. The highest BCUT2D eigenvalue weighted by molar-refractivity contribution is 5.93. The van der Waals surface area contributed by atoms with Crippen LogP contribution in [-0.2, 0) is 0 Å². The maximum atomic E-state index is 12.8. The molecule has 6 heteroatoms. The van der Waals surface area contributed by atoms with Crippen molar-refractivity contribution < 1.29 is 13.9 Å². The van der Waals surface area contributed by atoms with Crippen LogP contribution in [0, 0.1) is 6.92 Å². The Morgan fingerprint density at radius 1 is 1.36 bits per heavy atom. The number of ether oxygens (including phenoxy) is 1. The molecule has 0 saturated heterocycles. The zero-order chi connectivity index (χ0) is 18.2. The summed E-state index contributed by atoms with van der Waals surface area (Å²) in [6.07, 6.45) is 8.39. The zero-order valence-corrected chi connectivity index (χ0v) is 14.7. The summed E-state index contributed by atoms with van der Waals surface area (Å²) in [5.41, 5.74) is 0.913. The van der Waals surface area contributed by atoms with Crippen LogP contribution in [0.25, 0.3) is 0 Å². The Balaban J connectivity index is 2.12. The fraction of sp³-hybridized carbons (Fsp3) is 0.421. The average molecular weight is 345 g/mol. The van der Waals surface area contributed by atoms with Crippen LogP contribution in [0.4, 0.5) is 4.39 Å². The normalized spacial score (nSPS) is 16.4. The molecule has 0 unspecified atom stereocenters. The summed E-state index contributed by atoms with van der Waals surface area (Å²) < 4.78 is 18.8. The van der Waals surface area contributed by atoms with Gasteiger partial charge in [-0.1, -0.05) is 6.42 Å². The summed E-state index contributed by atoms with van der Waals surface area (Å²) in [5, 5.41) is 2.56. The minimum atomic E-state index is -0.444. The molecule has 0 aromatic carbocycles. The number of hydrogen-bond acceptors (Lipinski definition) is 4. The molecule has 0 bridgehead atoms. The van der Waals surface area contributed by atoms with E-state index in [0.29, 0.717) is 11.4 Å². The molecule has 1 amide bonds. The van der Waals surface area contributed by atoms with Gasteiger partial charge in [0.2, 0.25) is 0 Å². The van der Waals surface area contributed by atoms with Gasteiger partial charge in [-0.3, -0.25) is 4.79 Å². The van der Waals surface area contributed by atoms with Gasteiger partial charge in [0.05, 0.1) is 11.9 Å². The molecule has 0 radical (unpaired) electrons. The molecule has 1 fully saturated rings. The third kappa shape index (κ3) is 6.14. The van der Waals surface area contributed by atoms with E-state index in [-0.39, 0.29) is 17.6 Å². The lowest BCUT2D eigenvalue weighted by atomic mass is 9.98. The summed E-state index contributed by atoms with van der Waals surface area (Å²) >= 11 is 0. The lowest BCUT2D eigenvalue weighted by molar-refractivity contribution is 0.0958. The topological polar surface area (TPSA) is 63.6 Å². The van der Waals surface area contributed by atoms with Crippen LogP contribution in [0.5, 0.6) is 5.75 Å². The second-order valence-corrected chi connectivity index (χ2v) is 6.12. The number of aromatic nitrogens is 1. The molecular formula is C19H24FN3O2. The lowest BCUT2D eigenvalue weighted by Gasteiger charge is -2.23. The molecule has 1 N–H and O–H groups in total. The van der Waals surface area contributed by atoms with Crippen LogP contribution in [0.3, 0.4) is 0 Å². The molecule has 0 spiro atoms. The number of nitrogens with one attached hydrogen (secondary N) is 1. The third-order valence-corrected chi connectivity index (χ3v) is 3.90. The molecule has 25 heavy (non-hydrogen) atoms. The molecular weight excluding hydrogens is 321 g/mol. The second kappa shape index (κ2) is 9.11. The van der Waals surface area contributed by atoms with Crippen molar-refractivity contribution in [3.05, 3.63) is 47.3 Å². The Labute approximate surface area is 147 Å². The van der Waals surface area contributed by atoms with Gasteiger partial charge in [-0.25, -0.2) is 14.4 Å². The predicted molar refractivity (Wildman–Crippen MR) is 96.4 cm³/mol. The van der Waals surface area contributed by atoms with E-state index in [0.717, 1.165) is 12.8 Å². The lowest BCUT2D eigenvalue weighted by Crippen LogP contribution is -2.24. The highest BCUT2D eigenvalue weighted by Gasteiger charge is 2.17. The number of amides is 1. The van der Waals surface area contributed by atoms with Gasteiger partial charge >= 0.3 is 0 Å². The van der Waals surface area contributed by atoms with Crippen molar-refractivity contribution in [2.75, 3.05) is 0 Å². The summed E-state index contributed by atoms with van der Waals surface area (Å²) in [6.45, 7) is 6.48. The molecule has 1 heterocycles. The number of carbonyl (C=O) groups is 1. The van der Waals surface area contributed by atoms with Crippen LogP contribution in [0.2, 0.25) is 0 Å². The Morgan fingerprint density at radius 2 is 2.08 bits per heavy atom. The molecule has 0 aliphatic heterocycles. The van der Waals surface area contributed by atoms with Crippen LogP contribution in [-0.4, -0.2) is 23.7 Å². The van der Waals surface area contributed by atoms with Crippen molar-refractivity contribution in [3.63, 3.8) is 0 Å². The van der Waals surface area contributed by atoms with Crippen molar-refractivity contribution in [3.8, 4) is 5.75 Å². The quantitative estimate of drug-likeness (QED) is 0.619. The summed E-state index contributed by atoms with van der Waals surface area (Å²) in [7, 11) is 0. The molecule has 1 aromatic heterocycles. The number of hydrogen-bond donors (Lipinski definition) is 1. The predicted octanol–water partition coefficient (Wildman–Crippen LogP) is 4.25. The van der Waals surface area contributed by atoms with Crippen molar-refractivity contribution >= 4 is 12.6 Å². The van der Waals surface area contributed by atoms with E-state index in [9.17, 15) is 9.18 Å². The van der Waals surface area contributed by atoms with Crippen molar-refractivity contribution in [2.24, 2.45) is 4.99 Å². The van der Waals surface area contributed by atoms with Crippen LogP contribution in [0.15, 0.2) is 40.9 Å². The number of pyridine rings is 1. The first-order valence-corrected chi connectivity index (χ1v) is 8.45. The number of carbonyl (C=O) groups excluding carboxylic acids is 1. The number of aryl methyl sites for hydroxylation is 1. The average Bonchev–Trinajstić information content (AvgIpc) is 2.58. The fourth-order valence-corrected chi connectivity index (χ4v) is 2.70. The summed E-state index contributed by atoms with van der Waals surface area (Å²) in [6, 6.07) is 3.44. The number of halogens is 1. The molecule has 1 aliphatic carbocycles. The minimum Gasteiger partial charge on any atom is -0.490 e. The molecule has 1 aliphatic rings. The van der Waals surface area contributed by atoms with Crippen LogP contribution < -0.4 is 10.1 Å². The van der Waals surface area contributed by atoms with Gasteiger partial charge in [0, 0.05) is 17.8 Å². The van der Waals surface area contributed by atoms with Crippen LogP contribution >= 0.6 is 0 Å². The van der Waals surface area contributed by atoms with Gasteiger partial charge in [0.15, 0.2) is 0 Å². The smallest absolute Gasteiger partial charge is 0.275 e. The first-order chi connectivity index (χ1) is 12.0. The summed E-state index contributed by atoms with van der Waals surface area (Å²) in [4.78, 5) is 20.3. The monoisotopic (exact) mass is 345 g/mol. The molecule has 1 saturated carbocycles. The second-order valence-electron chi connectivity index (χ2n) is 6.12. The van der Waals surface area contributed by atoms with E-state index < -0.39 is 11.7 Å². The molecule has 5 nitrogen and oxygen atoms in total. The van der Waals surface area contributed by atoms with Gasteiger partial charge < -0.3 is 10.1 Å². The van der Waals surface area contributed by atoms with E-state index in [4.69, 9.17) is 4.74 Å². The van der Waals surface area contributed by atoms with Crippen molar-refractivity contribution in [1.82, 2.24) is 10.3 Å². The maximum absolute atomic E-state index is 12.8. The number of allylic oxidation sites excluding steroid dienone is 3. The van der Waals surface area contributed by atoms with E-state index in [1.165, 1.54) is 38.3 Å². The van der Waals surface area contributed by atoms with E-state index in [2.05, 4.69) is 22.0 Å². The standard InChI is InChI=1S/C19H24FN3O2/c1-13(20)9-10-18(21-3)23-19(24)17-12-16(11-14(2)22-17)25-15-7-5-4-6-8-15/h9-12,15H,3-8H2,1-2H3,(H,23,24)/b13-9+,18-10+. The zero-order valence-electron chi connectivity index (χ0n) is 14.7. The minimum absolute atomic E-state index is 0.153. The van der Waals surface area contributed by atoms with E-state index in [1.807, 2.05) is 13.0 Å². The Morgan fingerprint density at radius 3 is 2.72 bits per heavy atom. The Kier molecular flexibility index (Phi) is 6.86. The Bertz CT molecular complexity index is 688. The number of rotatable bonds is 6. The first-order valence-electron chi connectivity index (χ1n) is 8.45. The van der Waals surface area contributed by atoms with E-state index >= 15 is 0 Å². The molecule has 0 atom stereocenters. The van der Waals surface area contributed by atoms with E-state index in [1.54, 1.807) is 6.07 Å².